The molecule has 0 bridgehead atoms. The third-order valence-electron chi connectivity index (χ3n) is 3.23. The van der Waals surface area contributed by atoms with Crippen molar-refractivity contribution in [2.45, 2.75) is 6.54 Å². The summed E-state index contributed by atoms with van der Waals surface area (Å²) in [6, 6.07) is 11.0. The maximum absolute atomic E-state index is 12.4. The van der Waals surface area contributed by atoms with Crippen molar-refractivity contribution in [3.8, 4) is 0 Å². The van der Waals surface area contributed by atoms with Crippen molar-refractivity contribution in [2.75, 3.05) is 31.8 Å². The molecule has 5 nitrogen and oxygen atoms in total. The number of nitrogens with zero attached hydrogens (tertiary/aromatic N) is 3. The zero-order valence-corrected chi connectivity index (χ0v) is 12.6. The first-order chi connectivity index (χ1) is 9.99. The number of carbonyl (C=O) groups is 1. The van der Waals surface area contributed by atoms with Gasteiger partial charge in [0, 0.05) is 32.9 Å². The molecule has 2 N–H and O–H groups in total. The Labute approximate surface area is 125 Å². The number of carbonyl (C=O) groups excluding carboxylic acids is 1. The molecule has 2 aromatic rings. The van der Waals surface area contributed by atoms with E-state index in [-0.39, 0.29) is 5.91 Å². The number of hydrogen-bond acceptors (Lipinski definition) is 4. The average Bonchev–Trinajstić information content (AvgIpc) is 2.47. The van der Waals surface area contributed by atoms with Crippen LogP contribution in [0.15, 0.2) is 42.6 Å². The van der Waals surface area contributed by atoms with Gasteiger partial charge in [0.2, 0.25) is 0 Å². The number of anilines is 2. The number of amides is 1. The van der Waals surface area contributed by atoms with Gasteiger partial charge in [0.15, 0.2) is 0 Å². The number of hydrogen-bond donors (Lipinski definition) is 1. The topological polar surface area (TPSA) is 62.5 Å². The smallest absolute Gasteiger partial charge is 0.254 e. The summed E-state index contributed by atoms with van der Waals surface area (Å²) in [5.41, 5.74) is 8.92. The maximum atomic E-state index is 12.4. The van der Waals surface area contributed by atoms with Crippen LogP contribution in [0.5, 0.6) is 0 Å². The quantitative estimate of drug-likeness (QED) is 0.872. The van der Waals surface area contributed by atoms with E-state index in [2.05, 4.69) is 4.98 Å². The van der Waals surface area contributed by atoms with Crippen LogP contribution in [0.25, 0.3) is 0 Å². The Kier molecular flexibility index (Phi) is 4.42. The molecular formula is C16H20N4O. The van der Waals surface area contributed by atoms with E-state index in [0.29, 0.717) is 17.8 Å². The van der Waals surface area contributed by atoms with Gasteiger partial charge in [-0.15, -0.1) is 0 Å². The van der Waals surface area contributed by atoms with E-state index >= 15 is 0 Å². The Morgan fingerprint density at radius 3 is 2.52 bits per heavy atom. The zero-order valence-electron chi connectivity index (χ0n) is 12.6. The van der Waals surface area contributed by atoms with Crippen LogP contribution in [0, 0.1) is 0 Å². The summed E-state index contributed by atoms with van der Waals surface area (Å²) in [6.45, 7) is 0.467. The van der Waals surface area contributed by atoms with Gasteiger partial charge in [0.25, 0.3) is 5.91 Å². The number of aromatic nitrogens is 1. The molecule has 0 aliphatic carbocycles. The molecule has 1 aromatic heterocycles. The fourth-order valence-electron chi connectivity index (χ4n) is 2.12. The molecule has 0 saturated heterocycles. The van der Waals surface area contributed by atoms with Gasteiger partial charge < -0.3 is 15.5 Å². The van der Waals surface area contributed by atoms with E-state index < -0.39 is 0 Å². The largest absolute Gasteiger partial charge is 0.397 e. The van der Waals surface area contributed by atoms with Gasteiger partial charge in [-0.2, -0.15) is 0 Å². The Hall–Kier alpha value is -2.56. The van der Waals surface area contributed by atoms with Gasteiger partial charge in [0.05, 0.1) is 23.6 Å². The Morgan fingerprint density at radius 2 is 1.95 bits per heavy atom. The van der Waals surface area contributed by atoms with Crippen LogP contribution in [0.1, 0.15) is 16.1 Å². The number of nitrogens with two attached hydrogens (primary N) is 1. The molecule has 0 saturated carbocycles. The normalized spacial score (nSPS) is 10.2. The highest BCUT2D eigenvalue weighted by Gasteiger charge is 2.14. The van der Waals surface area contributed by atoms with Crippen LogP contribution < -0.4 is 10.6 Å². The van der Waals surface area contributed by atoms with Crippen LogP contribution in [-0.2, 0) is 6.54 Å². The standard InChI is InChI=1S/C16H20N4O/c1-19(2)15-8-7-12(10-14(15)17)16(21)20(3)11-13-6-4-5-9-18-13/h4-10H,11,17H2,1-3H3. The Bertz CT molecular complexity index is 625. The molecule has 0 fully saturated rings. The lowest BCUT2D eigenvalue weighted by molar-refractivity contribution is 0.0783. The summed E-state index contributed by atoms with van der Waals surface area (Å²) in [7, 11) is 5.59. The van der Waals surface area contributed by atoms with E-state index in [0.717, 1.165) is 11.4 Å². The summed E-state index contributed by atoms with van der Waals surface area (Å²) in [6.07, 6.45) is 1.72. The van der Waals surface area contributed by atoms with Crippen molar-refractivity contribution in [2.24, 2.45) is 0 Å². The lowest BCUT2D eigenvalue weighted by atomic mass is 10.1. The molecule has 0 spiro atoms. The molecule has 5 heteroatoms. The molecule has 0 radical (unpaired) electrons. The lowest BCUT2D eigenvalue weighted by Gasteiger charge is -2.19. The second kappa shape index (κ2) is 6.26. The molecule has 1 heterocycles. The summed E-state index contributed by atoms with van der Waals surface area (Å²) < 4.78 is 0. The molecule has 2 rings (SSSR count). The van der Waals surface area contributed by atoms with Gasteiger partial charge in [-0.3, -0.25) is 9.78 Å². The monoisotopic (exact) mass is 284 g/mol. The van der Waals surface area contributed by atoms with E-state index in [1.165, 1.54) is 0 Å². The van der Waals surface area contributed by atoms with Crippen molar-refractivity contribution >= 4 is 17.3 Å². The average molecular weight is 284 g/mol. The Morgan fingerprint density at radius 1 is 1.19 bits per heavy atom. The first kappa shape index (κ1) is 14.8. The lowest BCUT2D eigenvalue weighted by Crippen LogP contribution is -2.26. The van der Waals surface area contributed by atoms with Crippen molar-refractivity contribution in [3.63, 3.8) is 0 Å². The number of benzene rings is 1. The van der Waals surface area contributed by atoms with Crippen molar-refractivity contribution in [1.29, 1.82) is 0 Å². The predicted octanol–water partition coefficient (Wildman–Crippen LogP) is 2.00. The van der Waals surface area contributed by atoms with Gasteiger partial charge >= 0.3 is 0 Å². The highest BCUT2D eigenvalue weighted by Crippen LogP contribution is 2.23. The third-order valence-corrected chi connectivity index (χ3v) is 3.23. The SMILES string of the molecule is CN(Cc1ccccn1)C(=O)c1ccc(N(C)C)c(N)c1. The second-order valence-electron chi connectivity index (χ2n) is 5.15. The van der Waals surface area contributed by atoms with Gasteiger partial charge in [-0.25, -0.2) is 0 Å². The van der Waals surface area contributed by atoms with Crippen LogP contribution in [0.2, 0.25) is 0 Å². The van der Waals surface area contributed by atoms with Crippen LogP contribution in [-0.4, -0.2) is 36.9 Å². The minimum atomic E-state index is -0.0716. The van der Waals surface area contributed by atoms with E-state index in [9.17, 15) is 4.79 Å². The molecule has 21 heavy (non-hydrogen) atoms. The molecule has 110 valence electrons. The summed E-state index contributed by atoms with van der Waals surface area (Å²) in [5.74, 6) is -0.0716. The summed E-state index contributed by atoms with van der Waals surface area (Å²) in [4.78, 5) is 20.2. The minimum Gasteiger partial charge on any atom is -0.397 e. The third kappa shape index (κ3) is 3.51. The van der Waals surface area contributed by atoms with Crippen LogP contribution in [0.4, 0.5) is 11.4 Å². The molecular weight excluding hydrogens is 264 g/mol. The highest BCUT2D eigenvalue weighted by molar-refractivity contribution is 5.96. The number of pyridine rings is 1. The van der Waals surface area contributed by atoms with Gasteiger partial charge in [-0.1, -0.05) is 6.07 Å². The fourth-order valence-corrected chi connectivity index (χ4v) is 2.12. The number of rotatable bonds is 4. The summed E-state index contributed by atoms with van der Waals surface area (Å²) in [5, 5.41) is 0. The molecule has 0 aliphatic rings. The first-order valence-electron chi connectivity index (χ1n) is 6.71. The number of nitrogen functional groups attached to an aromatic ring is 1. The molecule has 1 amide bonds. The molecule has 1 aromatic carbocycles. The van der Waals surface area contributed by atoms with Gasteiger partial charge in [-0.05, 0) is 30.3 Å². The van der Waals surface area contributed by atoms with E-state index in [4.69, 9.17) is 5.73 Å². The molecule has 0 atom stereocenters. The zero-order chi connectivity index (χ0) is 15.4. The maximum Gasteiger partial charge on any atom is 0.254 e. The first-order valence-corrected chi connectivity index (χ1v) is 6.71. The molecule has 0 aliphatic heterocycles. The van der Waals surface area contributed by atoms with Crippen molar-refractivity contribution in [3.05, 3.63) is 53.9 Å². The van der Waals surface area contributed by atoms with E-state index in [1.807, 2.05) is 43.3 Å². The Balaban J connectivity index is 2.14. The van der Waals surface area contributed by atoms with Gasteiger partial charge in [0.1, 0.15) is 0 Å². The van der Waals surface area contributed by atoms with Crippen molar-refractivity contribution in [1.82, 2.24) is 9.88 Å². The molecule has 0 unspecified atom stereocenters. The fraction of sp³-hybridized carbons (Fsp3) is 0.250. The highest BCUT2D eigenvalue weighted by atomic mass is 16.2. The second-order valence-corrected chi connectivity index (χ2v) is 5.15. The minimum absolute atomic E-state index is 0.0716. The summed E-state index contributed by atoms with van der Waals surface area (Å²) >= 11 is 0. The van der Waals surface area contributed by atoms with Crippen LogP contribution >= 0.6 is 0 Å². The van der Waals surface area contributed by atoms with Crippen molar-refractivity contribution < 1.29 is 4.79 Å². The van der Waals surface area contributed by atoms with E-state index in [1.54, 1.807) is 30.3 Å². The predicted molar refractivity (Wildman–Crippen MR) is 85.2 cm³/mol. The van der Waals surface area contributed by atoms with Crippen LogP contribution in [0.3, 0.4) is 0 Å².